The lowest BCUT2D eigenvalue weighted by Crippen LogP contribution is -2.17. The van der Waals surface area contributed by atoms with Gasteiger partial charge in [-0.1, -0.05) is 18.2 Å². The molecule has 1 heterocycles. The van der Waals surface area contributed by atoms with Gasteiger partial charge in [0.15, 0.2) is 0 Å². The van der Waals surface area contributed by atoms with Gasteiger partial charge in [0.2, 0.25) is 0 Å². The minimum absolute atomic E-state index is 0.408. The molecule has 0 aliphatic heterocycles. The lowest BCUT2D eigenvalue weighted by atomic mass is 9.91. The number of ether oxygens (including phenoxy) is 1. The Morgan fingerprint density at radius 2 is 2.18 bits per heavy atom. The van der Waals surface area contributed by atoms with Crippen molar-refractivity contribution in [3.05, 3.63) is 45.9 Å². The van der Waals surface area contributed by atoms with E-state index in [9.17, 15) is 9.90 Å². The van der Waals surface area contributed by atoms with Crippen LogP contribution >= 0.6 is 11.3 Å². The highest BCUT2D eigenvalue weighted by Crippen LogP contribution is 2.35. The summed E-state index contributed by atoms with van der Waals surface area (Å²) in [6, 6.07) is 9.76. The Bertz CT molecular complexity index is 639. The third kappa shape index (κ3) is 3.47. The normalized spacial score (nSPS) is 17.0. The first-order valence-electron chi connectivity index (χ1n) is 7.63. The Kier molecular flexibility index (Phi) is 4.73. The summed E-state index contributed by atoms with van der Waals surface area (Å²) >= 11 is 1.67. The maximum atomic E-state index is 11.3. The van der Waals surface area contributed by atoms with Crippen molar-refractivity contribution in [2.24, 2.45) is 0 Å². The molecule has 2 aromatic rings. The molecule has 22 heavy (non-hydrogen) atoms. The minimum Gasteiger partial charge on any atom is -0.494 e. The van der Waals surface area contributed by atoms with Gasteiger partial charge in [-0.3, -0.25) is 4.79 Å². The summed E-state index contributed by atoms with van der Waals surface area (Å²) in [7, 11) is 0. The monoisotopic (exact) mass is 317 g/mol. The van der Waals surface area contributed by atoms with Crippen LogP contribution in [0, 0.1) is 0 Å². The van der Waals surface area contributed by atoms with E-state index >= 15 is 0 Å². The van der Waals surface area contributed by atoms with Gasteiger partial charge < -0.3 is 9.84 Å². The average molecular weight is 317 g/mol. The van der Waals surface area contributed by atoms with Gasteiger partial charge >= 0.3 is 5.97 Å². The van der Waals surface area contributed by atoms with Crippen molar-refractivity contribution >= 4 is 17.3 Å². The number of nitrogens with zero attached hydrogens (tertiary/aromatic N) is 1. The molecule has 1 unspecified atom stereocenters. The Balaban J connectivity index is 1.54. The number of rotatable bonds is 6. The van der Waals surface area contributed by atoms with Crippen molar-refractivity contribution in [3.8, 4) is 5.75 Å². The molecule has 1 aliphatic carbocycles. The van der Waals surface area contributed by atoms with E-state index in [4.69, 9.17) is 4.74 Å². The summed E-state index contributed by atoms with van der Waals surface area (Å²) in [4.78, 5) is 17.0. The molecule has 1 N–H and O–H groups in total. The topological polar surface area (TPSA) is 59.4 Å². The van der Waals surface area contributed by atoms with Crippen LogP contribution in [-0.4, -0.2) is 22.7 Å². The van der Waals surface area contributed by atoms with Crippen LogP contribution in [-0.2, 0) is 17.6 Å². The Hall–Kier alpha value is -1.88. The van der Waals surface area contributed by atoms with Gasteiger partial charge in [-0.25, -0.2) is 4.98 Å². The predicted molar refractivity (Wildman–Crippen MR) is 85.7 cm³/mol. The first-order valence-corrected chi connectivity index (χ1v) is 8.45. The molecule has 1 aliphatic rings. The highest BCUT2D eigenvalue weighted by Gasteiger charge is 2.29. The Morgan fingerprint density at radius 3 is 2.95 bits per heavy atom. The fourth-order valence-electron chi connectivity index (χ4n) is 2.75. The third-order valence-corrected chi connectivity index (χ3v) is 5.03. The number of fused-ring (bicyclic) bond motifs is 1. The largest absolute Gasteiger partial charge is 0.494 e. The maximum absolute atomic E-state index is 11.3. The molecular formula is C17H19NO3S. The fourth-order valence-corrected chi connectivity index (χ4v) is 3.96. The van der Waals surface area contributed by atoms with E-state index in [0.29, 0.717) is 13.0 Å². The molecule has 0 spiro atoms. The molecule has 4 nitrogen and oxygen atoms in total. The fraction of sp³-hybridized carbons (Fsp3) is 0.412. The van der Waals surface area contributed by atoms with E-state index in [-0.39, 0.29) is 0 Å². The molecular weight excluding hydrogens is 298 g/mol. The number of benzene rings is 1. The summed E-state index contributed by atoms with van der Waals surface area (Å²) in [6.07, 6.45) is 4.36. The summed E-state index contributed by atoms with van der Waals surface area (Å²) in [5.41, 5.74) is 0.808. The second-order valence-electron chi connectivity index (χ2n) is 5.46. The van der Waals surface area contributed by atoms with E-state index in [0.717, 1.165) is 47.0 Å². The molecule has 0 saturated heterocycles. The summed E-state index contributed by atoms with van der Waals surface area (Å²) in [5, 5.41) is 10.3. The van der Waals surface area contributed by atoms with Crippen LogP contribution in [0.25, 0.3) is 0 Å². The number of aliphatic carboxylic acids is 1. The highest BCUT2D eigenvalue weighted by atomic mass is 32.1. The van der Waals surface area contributed by atoms with E-state index in [1.165, 1.54) is 0 Å². The summed E-state index contributed by atoms with van der Waals surface area (Å²) in [6.45, 7) is 0.649. The maximum Gasteiger partial charge on any atom is 0.312 e. The molecule has 0 amide bonds. The number of thiazole rings is 1. The number of aromatic nitrogens is 1. The van der Waals surface area contributed by atoms with Crippen LogP contribution in [0.2, 0.25) is 0 Å². The Morgan fingerprint density at radius 1 is 1.36 bits per heavy atom. The molecule has 5 heteroatoms. The highest BCUT2D eigenvalue weighted by molar-refractivity contribution is 7.11. The zero-order valence-corrected chi connectivity index (χ0v) is 13.1. The SMILES string of the molecule is O=C(O)C1CCCc2sc(CCCOc3ccccc3)nc21. The van der Waals surface area contributed by atoms with Crippen molar-refractivity contribution in [2.75, 3.05) is 6.61 Å². The molecule has 1 aromatic heterocycles. The third-order valence-electron chi connectivity index (χ3n) is 3.84. The van der Waals surface area contributed by atoms with Gasteiger partial charge in [-0.2, -0.15) is 0 Å². The molecule has 0 radical (unpaired) electrons. The second-order valence-corrected chi connectivity index (χ2v) is 6.63. The van der Waals surface area contributed by atoms with Gasteiger partial charge in [0.25, 0.3) is 0 Å². The number of hydrogen-bond acceptors (Lipinski definition) is 4. The summed E-state index contributed by atoms with van der Waals surface area (Å²) < 4.78 is 5.67. The predicted octanol–water partition coefficient (Wildman–Crippen LogP) is 3.66. The van der Waals surface area contributed by atoms with E-state index in [1.807, 2.05) is 30.3 Å². The molecule has 0 bridgehead atoms. The van der Waals surface area contributed by atoms with E-state index < -0.39 is 11.9 Å². The van der Waals surface area contributed by atoms with Gasteiger partial charge in [-0.05, 0) is 37.8 Å². The van der Waals surface area contributed by atoms with Crippen molar-refractivity contribution in [1.29, 1.82) is 0 Å². The standard InChI is InChI=1S/C17H19NO3S/c19-17(20)13-8-4-9-14-16(13)18-15(22-14)10-5-11-21-12-6-2-1-3-7-12/h1-3,6-7,13H,4-5,8-11H2,(H,19,20). The van der Waals surface area contributed by atoms with Crippen LogP contribution in [0.1, 0.15) is 40.8 Å². The van der Waals surface area contributed by atoms with Crippen LogP contribution in [0.5, 0.6) is 5.75 Å². The van der Waals surface area contributed by atoms with Crippen LogP contribution in [0.15, 0.2) is 30.3 Å². The van der Waals surface area contributed by atoms with Gasteiger partial charge in [0.1, 0.15) is 5.75 Å². The molecule has 0 fully saturated rings. The molecule has 0 saturated carbocycles. The lowest BCUT2D eigenvalue weighted by molar-refractivity contribution is -0.139. The van der Waals surface area contributed by atoms with Crippen molar-refractivity contribution in [3.63, 3.8) is 0 Å². The second kappa shape index (κ2) is 6.92. The van der Waals surface area contributed by atoms with Crippen LogP contribution in [0.4, 0.5) is 0 Å². The molecule has 3 rings (SSSR count). The summed E-state index contributed by atoms with van der Waals surface area (Å²) in [5.74, 6) is -0.272. The molecule has 116 valence electrons. The number of carbonyl (C=O) groups is 1. The number of carboxylic acid groups (broad SMARTS) is 1. The van der Waals surface area contributed by atoms with Crippen LogP contribution < -0.4 is 4.74 Å². The quantitative estimate of drug-likeness (QED) is 0.826. The Labute approximate surface area is 133 Å². The smallest absolute Gasteiger partial charge is 0.312 e. The average Bonchev–Trinajstić information content (AvgIpc) is 2.95. The molecule has 1 atom stereocenters. The van der Waals surface area contributed by atoms with Crippen LogP contribution in [0.3, 0.4) is 0 Å². The zero-order chi connectivity index (χ0) is 15.4. The van der Waals surface area contributed by atoms with E-state index in [2.05, 4.69) is 4.98 Å². The number of hydrogen-bond donors (Lipinski definition) is 1. The minimum atomic E-state index is -0.745. The first kappa shape index (κ1) is 15.0. The number of carboxylic acids is 1. The number of para-hydroxylation sites is 1. The van der Waals surface area contributed by atoms with Gasteiger partial charge in [0.05, 0.1) is 23.2 Å². The first-order chi connectivity index (χ1) is 10.7. The van der Waals surface area contributed by atoms with Crippen molar-refractivity contribution in [2.45, 2.75) is 38.0 Å². The lowest BCUT2D eigenvalue weighted by Gasteiger charge is -2.16. The molecule has 1 aromatic carbocycles. The van der Waals surface area contributed by atoms with Gasteiger partial charge in [-0.15, -0.1) is 11.3 Å². The van der Waals surface area contributed by atoms with Crippen molar-refractivity contribution in [1.82, 2.24) is 4.98 Å². The van der Waals surface area contributed by atoms with Crippen molar-refractivity contribution < 1.29 is 14.6 Å². The number of aryl methyl sites for hydroxylation is 2. The zero-order valence-electron chi connectivity index (χ0n) is 12.3. The van der Waals surface area contributed by atoms with E-state index in [1.54, 1.807) is 11.3 Å². The van der Waals surface area contributed by atoms with Gasteiger partial charge in [0, 0.05) is 11.3 Å².